The van der Waals surface area contributed by atoms with Crippen molar-refractivity contribution in [3.63, 3.8) is 0 Å². The third kappa shape index (κ3) is 4.67. The first-order valence-electron chi connectivity index (χ1n) is 9.39. The lowest BCUT2D eigenvalue weighted by Gasteiger charge is -2.37. The fraction of sp³-hybridized carbons (Fsp3) is 0.364. The van der Waals surface area contributed by atoms with Crippen molar-refractivity contribution in [3.8, 4) is 0 Å². The molecule has 2 aromatic carbocycles. The third-order valence-electron chi connectivity index (χ3n) is 5.18. The maximum Gasteiger partial charge on any atom is 0.227 e. The Balaban J connectivity index is 1.55. The number of carbonyl (C=O) groups excluding carboxylic acids is 2. The Morgan fingerprint density at radius 3 is 2.26 bits per heavy atom. The highest BCUT2D eigenvalue weighted by Gasteiger charge is 2.22. The first kappa shape index (κ1) is 19.0. The average Bonchev–Trinajstić information content (AvgIpc) is 2.65. The highest BCUT2D eigenvalue weighted by molar-refractivity contribution is 5.88. The van der Waals surface area contributed by atoms with E-state index in [1.165, 1.54) is 23.7 Å². The van der Waals surface area contributed by atoms with E-state index < -0.39 is 0 Å². The Labute approximate surface area is 161 Å². The van der Waals surface area contributed by atoms with E-state index in [0.29, 0.717) is 6.42 Å². The van der Waals surface area contributed by atoms with Gasteiger partial charge in [0.15, 0.2) is 0 Å². The number of hydrogen-bond donors (Lipinski definition) is 1. The molecule has 1 aliphatic heterocycles. The molecule has 0 aliphatic carbocycles. The van der Waals surface area contributed by atoms with Crippen LogP contribution in [-0.2, 0) is 16.0 Å². The number of aryl methyl sites for hydroxylation is 1. The molecule has 1 saturated heterocycles. The number of amides is 2. The number of hydrogen-bond acceptors (Lipinski definition) is 3. The van der Waals surface area contributed by atoms with Gasteiger partial charge in [0.1, 0.15) is 0 Å². The van der Waals surface area contributed by atoms with Gasteiger partial charge in [0.2, 0.25) is 11.8 Å². The van der Waals surface area contributed by atoms with Crippen LogP contribution in [0.2, 0.25) is 0 Å². The van der Waals surface area contributed by atoms with Gasteiger partial charge < -0.3 is 15.1 Å². The molecule has 0 atom stereocenters. The van der Waals surface area contributed by atoms with Crippen LogP contribution in [0, 0.1) is 13.8 Å². The van der Waals surface area contributed by atoms with Crippen LogP contribution in [0.25, 0.3) is 0 Å². The lowest BCUT2D eigenvalue weighted by molar-refractivity contribution is -0.130. The maximum absolute atomic E-state index is 12.6. The van der Waals surface area contributed by atoms with E-state index in [4.69, 9.17) is 0 Å². The van der Waals surface area contributed by atoms with Crippen LogP contribution < -0.4 is 10.2 Å². The van der Waals surface area contributed by atoms with Crippen LogP contribution >= 0.6 is 0 Å². The Morgan fingerprint density at radius 1 is 0.963 bits per heavy atom. The molecule has 27 heavy (non-hydrogen) atoms. The van der Waals surface area contributed by atoms with Crippen LogP contribution in [0.3, 0.4) is 0 Å². The molecule has 2 amide bonds. The van der Waals surface area contributed by atoms with E-state index in [1.54, 1.807) is 0 Å². The van der Waals surface area contributed by atoms with Crippen LogP contribution in [0.15, 0.2) is 42.5 Å². The minimum absolute atomic E-state index is 0.0967. The second-order valence-electron chi connectivity index (χ2n) is 7.14. The predicted molar refractivity (Wildman–Crippen MR) is 109 cm³/mol. The number of nitrogens with zero attached hydrogens (tertiary/aromatic N) is 2. The zero-order valence-electron chi connectivity index (χ0n) is 16.3. The number of rotatable bonds is 4. The average molecular weight is 365 g/mol. The van der Waals surface area contributed by atoms with Gasteiger partial charge >= 0.3 is 0 Å². The summed E-state index contributed by atoms with van der Waals surface area (Å²) in [6, 6.07) is 13.9. The fourth-order valence-corrected chi connectivity index (χ4v) is 3.47. The summed E-state index contributed by atoms with van der Waals surface area (Å²) in [7, 11) is 0. The monoisotopic (exact) mass is 365 g/mol. The van der Waals surface area contributed by atoms with Crippen molar-refractivity contribution in [2.24, 2.45) is 0 Å². The van der Waals surface area contributed by atoms with Gasteiger partial charge in [-0.3, -0.25) is 9.59 Å². The molecule has 0 radical (unpaired) electrons. The van der Waals surface area contributed by atoms with Crippen molar-refractivity contribution >= 4 is 23.2 Å². The van der Waals surface area contributed by atoms with Crippen molar-refractivity contribution < 1.29 is 9.59 Å². The molecule has 0 unspecified atom stereocenters. The zero-order chi connectivity index (χ0) is 19.4. The summed E-state index contributed by atoms with van der Waals surface area (Å²) < 4.78 is 0. The molecule has 142 valence electrons. The minimum Gasteiger partial charge on any atom is -0.368 e. The maximum atomic E-state index is 12.6. The Kier molecular flexibility index (Phi) is 5.79. The van der Waals surface area contributed by atoms with Crippen LogP contribution in [0.1, 0.15) is 23.6 Å². The number of piperazine rings is 1. The Hall–Kier alpha value is -2.82. The quantitative estimate of drug-likeness (QED) is 0.906. The summed E-state index contributed by atoms with van der Waals surface area (Å²) in [5.74, 6) is 0.0587. The molecule has 0 bridgehead atoms. The topological polar surface area (TPSA) is 52.7 Å². The van der Waals surface area contributed by atoms with Crippen molar-refractivity contribution in [1.82, 2.24) is 4.90 Å². The summed E-state index contributed by atoms with van der Waals surface area (Å²) in [6.45, 7) is 8.99. The van der Waals surface area contributed by atoms with Gasteiger partial charge in [-0.1, -0.05) is 24.3 Å². The van der Waals surface area contributed by atoms with Gasteiger partial charge in [-0.15, -0.1) is 0 Å². The molecule has 0 saturated carbocycles. The van der Waals surface area contributed by atoms with Gasteiger partial charge in [0, 0.05) is 44.5 Å². The van der Waals surface area contributed by atoms with Crippen LogP contribution in [0.5, 0.6) is 0 Å². The SMILES string of the molecule is CC(=O)Nc1ccc(CC(=O)N2CCN(c3cccc(C)c3C)CC2)cc1. The normalized spacial score (nSPS) is 14.2. The molecule has 1 N–H and O–H groups in total. The van der Waals surface area contributed by atoms with Gasteiger partial charge in [0.05, 0.1) is 6.42 Å². The number of benzene rings is 2. The van der Waals surface area contributed by atoms with Gasteiger partial charge in [-0.2, -0.15) is 0 Å². The highest BCUT2D eigenvalue weighted by Crippen LogP contribution is 2.24. The molecule has 3 rings (SSSR count). The molecular formula is C22H27N3O2. The molecule has 1 fully saturated rings. The second-order valence-corrected chi connectivity index (χ2v) is 7.14. The minimum atomic E-state index is -0.0967. The molecule has 2 aromatic rings. The van der Waals surface area contributed by atoms with Crippen molar-refractivity contribution in [2.75, 3.05) is 36.4 Å². The van der Waals surface area contributed by atoms with Crippen LogP contribution in [0.4, 0.5) is 11.4 Å². The molecule has 5 heteroatoms. The predicted octanol–water partition coefficient (Wildman–Crippen LogP) is 3.15. The van der Waals surface area contributed by atoms with Gasteiger partial charge in [-0.05, 0) is 48.7 Å². The largest absolute Gasteiger partial charge is 0.368 e. The molecular weight excluding hydrogens is 338 g/mol. The smallest absolute Gasteiger partial charge is 0.227 e. The second kappa shape index (κ2) is 8.25. The number of carbonyl (C=O) groups is 2. The first-order chi connectivity index (χ1) is 12.9. The third-order valence-corrected chi connectivity index (χ3v) is 5.18. The fourth-order valence-electron chi connectivity index (χ4n) is 3.47. The lowest BCUT2D eigenvalue weighted by Crippen LogP contribution is -2.49. The Bertz CT molecular complexity index is 822. The standard InChI is InChI=1S/C22H27N3O2/c1-16-5-4-6-21(17(16)2)24-11-13-25(14-12-24)22(27)15-19-7-9-20(10-8-19)23-18(3)26/h4-10H,11-15H2,1-3H3,(H,23,26). The number of anilines is 2. The van der Waals surface area contributed by atoms with Crippen molar-refractivity contribution in [2.45, 2.75) is 27.2 Å². The summed E-state index contributed by atoms with van der Waals surface area (Å²) in [5.41, 5.74) is 5.60. The zero-order valence-corrected chi connectivity index (χ0v) is 16.3. The Morgan fingerprint density at radius 2 is 1.63 bits per heavy atom. The van der Waals surface area contributed by atoms with Gasteiger partial charge in [0.25, 0.3) is 0 Å². The van der Waals surface area contributed by atoms with E-state index in [9.17, 15) is 9.59 Å². The lowest BCUT2D eigenvalue weighted by atomic mass is 10.1. The van der Waals surface area contributed by atoms with Crippen LogP contribution in [-0.4, -0.2) is 42.9 Å². The van der Waals surface area contributed by atoms with E-state index >= 15 is 0 Å². The van der Waals surface area contributed by atoms with E-state index in [-0.39, 0.29) is 11.8 Å². The number of nitrogens with one attached hydrogen (secondary N) is 1. The summed E-state index contributed by atoms with van der Waals surface area (Å²) >= 11 is 0. The van der Waals surface area contributed by atoms with Crippen molar-refractivity contribution in [1.29, 1.82) is 0 Å². The summed E-state index contributed by atoms with van der Waals surface area (Å²) in [6.07, 6.45) is 0.393. The molecule has 1 aliphatic rings. The first-order valence-corrected chi connectivity index (χ1v) is 9.39. The molecule has 5 nitrogen and oxygen atoms in total. The van der Waals surface area contributed by atoms with E-state index in [0.717, 1.165) is 37.4 Å². The van der Waals surface area contributed by atoms with Gasteiger partial charge in [-0.25, -0.2) is 0 Å². The highest BCUT2D eigenvalue weighted by atomic mass is 16.2. The van der Waals surface area contributed by atoms with E-state index in [1.807, 2.05) is 29.2 Å². The van der Waals surface area contributed by atoms with Crippen molar-refractivity contribution in [3.05, 3.63) is 59.2 Å². The molecule has 1 heterocycles. The van der Waals surface area contributed by atoms with E-state index in [2.05, 4.69) is 42.3 Å². The summed E-state index contributed by atoms with van der Waals surface area (Å²) in [4.78, 5) is 28.0. The molecule has 0 spiro atoms. The molecule has 0 aromatic heterocycles. The summed E-state index contributed by atoms with van der Waals surface area (Å²) in [5, 5.41) is 2.74.